The summed E-state index contributed by atoms with van der Waals surface area (Å²) in [4.78, 5) is 26.9. The molecule has 0 atom stereocenters. The van der Waals surface area contributed by atoms with Gasteiger partial charge in [-0.25, -0.2) is 9.97 Å². The Balaban J connectivity index is 1.59. The maximum Gasteiger partial charge on any atom is 0.254 e. The van der Waals surface area contributed by atoms with E-state index in [0.717, 1.165) is 48.0 Å². The van der Waals surface area contributed by atoms with E-state index in [9.17, 15) is 4.79 Å². The molecule has 3 heterocycles. The highest BCUT2D eigenvalue weighted by Crippen LogP contribution is 2.30. The molecular formula is C23H30N4O. The number of aryl methyl sites for hydroxylation is 1. The number of carbonyl (C=O) groups excluding carboxylic acids is 1. The van der Waals surface area contributed by atoms with E-state index in [2.05, 4.69) is 42.8 Å². The van der Waals surface area contributed by atoms with Gasteiger partial charge in [-0.3, -0.25) is 4.79 Å². The summed E-state index contributed by atoms with van der Waals surface area (Å²) in [7, 11) is 0. The maximum atomic E-state index is 13.1. The minimum atomic E-state index is 0.0888. The predicted octanol–water partition coefficient (Wildman–Crippen LogP) is 3.88. The Labute approximate surface area is 167 Å². The number of amides is 1. The molecule has 0 spiro atoms. The molecule has 2 aromatic rings. The number of rotatable bonds is 2. The number of carbonyl (C=O) groups is 1. The zero-order valence-corrected chi connectivity index (χ0v) is 17.5. The molecule has 1 aromatic carbocycles. The number of hydrogen-bond donors (Lipinski definition) is 0. The number of anilines is 1. The smallest absolute Gasteiger partial charge is 0.254 e. The van der Waals surface area contributed by atoms with Gasteiger partial charge in [0.2, 0.25) is 0 Å². The van der Waals surface area contributed by atoms with Crippen molar-refractivity contribution in [1.29, 1.82) is 0 Å². The third-order valence-electron chi connectivity index (χ3n) is 5.84. The van der Waals surface area contributed by atoms with Gasteiger partial charge in [0, 0.05) is 37.2 Å². The van der Waals surface area contributed by atoms with Crippen LogP contribution in [0.15, 0.2) is 24.3 Å². The van der Waals surface area contributed by atoms with E-state index in [1.54, 1.807) is 0 Å². The van der Waals surface area contributed by atoms with E-state index in [4.69, 9.17) is 4.98 Å². The fraction of sp³-hybridized carbons (Fsp3) is 0.522. The lowest BCUT2D eigenvalue weighted by atomic mass is 9.86. The van der Waals surface area contributed by atoms with Gasteiger partial charge < -0.3 is 9.80 Å². The van der Waals surface area contributed by atoms with Crippen molar-refractivity contribution in [1.82, 2.24) is 14.9 Å². The molecule has 1 saturated heterocycles. The number of hydrogen-bond acceptors (Lipinski definition) is 4. The Morgan fingerprint density at radius 1 is 1.00 bits per heavy atom. The Kier molecular flexibility index (Phi) is 4.86. The molecule has 0 saturated carbocycles. The first kappa shape index (κ1) is 18.9. The molecule has 5 heteroatoms. The second-order valence-electron chi connectivity index (χ2n) is 9.02. The first-order valence-corrected chi connectivity index (χ1v) is 10.3. The van der Waals surface area contributed by atoms with Gasteiger partial charge in [-0.2, -0.15) is 0 Å². The van der Waals surface area contributed by atoms with Gasteiger partial charge in [-0.15, -0.1) is 0 Å². The SMILES string of the molecule is Cc1nc2c(c(N3CCCC3)n1)CN(C(=O)c1ccc(C(C)(C)C)cc1)CC2. The van der Waals surface area contributed by atoms with Gasteiger partial charge in [0.25, 0.3) is 5.91 Å². The third kappa shape index (κ3) is 3.62. The first-order valence-electron chi connectivity index (χ1n) is 10.3. The van der Waals surface area contributed by atoms with Crippen LogP contribution in [0.2, 0.25) is 0 Å². The summed E-state index contributed by atoms with van der Waals surface area (Å²) in [6.45, 7) is 11.9. The van der Waals surface area contributed by atoms with Gasteiger partial charge in [-0.1, -0.05) is 32.9 Å². The van der Waals surface area contributed by atoms with Gasteiger partial charge in [0.15, 0.2) is 0 Å². The lowest BCUT2D eigenvalue weighted by molar-refractivity contribution is 0.0733. The molecule has 0 bridgehead atoms. The Morgan fingerprint density at radius 3 is 2.32 bits per heavy atom. The van der Waals surface area contributed by atoms with Gasteiger partial charge in [0.05, 0.1) is 12.2 Å². The quantitative estimate of drug-likeness (QED) is 0.796. The monoisotopic (exact) mass is 378 g/mol. The van der Waals surface area contributed by atoms with Gasteiger partial charge >= 0.3 is 0 Å². The molecule has 0 unspecified atom stereocenters. The number of aromatic nitrogens is 2. The topological polar surface area (TPSA) is 49.3 Å². The normalized spacial score (nSPS) is 17.0. The predicted molar refractivity (Wildman–Crippen MR) is 112 cm³/mol. The average Bonchev–Trinajstić information content (AvgIpc) is 3.20. The Hall–Kier alpha value is -2.43. The lowest BCUT2D eigenvalue weighted by Gasteiger charge is -2.32. The van der Waals surface area contributed by atoms with E-state index in [-0.39, 0.29) is 11.3 Å². The molecule has 0 radical (unpaired) electrons. The average molecular weight is 379 g/mol. The summed E-state index contributed by atoms with van der Waals surface area (Å²) in [5.74, 6) is 1.97. The molecule has 1 fully saturated rings. The highest BCUT2D eigenvalue weighted by molar-refractivity contribution is 5.94. The zero-order chi connectivity index (χ0) is 19.9. The summed E-state index contributed by atoms with van der Waals surface area (Å²) in [5, 5.41) is 0. The Morgan fingerprint density at radius 2 is 1.68 bits per heavy atom. The van der Waals surface area contributed by atoms with Crippen molar-refractivity contribution in [3.63, 3.8) is 0 Å². The molecule has 28 heavy (non-hydrogen) atoms. The molecule has 1 aromatic heterocycles. The van der Waals surface area contributed by atoms with Crippen LogP contribution in [0.25, 0.3) is 0 Å². The van der Waals surface area contributed by atoms with Crippen molar-refractivity contribution in [3.05, 3.63) is 52.5 Å². The highest BCUT2D eigenvalue weighted by atomic mass is 16.2. The maximum absolute atomic E-state index is 13.1. The van der Waals surface area contributed by atoms with Gasteiger partial charge in [0.1, 0.15) is 11.6 Å². The molecule has 5 nitrogen and oxygen atoms in total. The summed E-state index contributed by atoms with van der Waals surface area (Å²) in [5.41, 5.74) is 4.34. The number of fused-ring (bicyclic) bond motifs is 1. The molecule has 0 N–H and O–H groups in total. The third-order valence-corrected chi connectivity index (χ3v) is 5.84. The van der Waals surface area contributed by atoms with E-state index in [1.807, 2.05) is 24.0 Å². The van der Waals surface area contributed by atoms with Crippen molar-refractivity contribution >= 4 is 11.7 Å². The van der Waals surface area contributed by atoms with Crippen LogP contribution in [0.3, 0.4) is 0 Å². The highest BCUT2D eigenvalue weighted by Gasteiger charge is 2.28. The zero-order valence-electron chi connectivity index (χ0n) is 17.5. The van der Waals surface area contributed by atoms with Crippen molar-refractivity contribution in [2.45, 2.75) is 58.9 Å². The van der Waals surface area contributed by atoms with E-state index in [0.29, 0.717) is 13.1 Å². The molecule has 0 aliphatic carbocycles. The summed E-state index contributed by atoms with van der Waals surface area (Å²) in [6.07, 6.45) is 3.21. The van der Waals surface area contributed by atoms with Crippen molar-refractivity contribution in [2.24, 2.45) is 0 Å². The second kappa shape index (κ2) is 7.19. The summed E-state index contributed by atoms with van der Waals surface area (Å²) >= 11 is 0. The van der Waals surface area contributed by atoms with E-state index < -0.39 is 0 Å². The van der Waals surface area contributed by atoms with E-state index in [1.165, 1.54) is 18.4 Å². The summed E-state index contributed by atoms with van der Waals surface area (Å²) < 4.78 is 0. The van der Waals surface area contributed by atoms with Crippen LogP contribution >= 0.6 is 0 Å². The number of nitrogens with zero attached hydrogens (tertiary/aromatic N) is 4. The summed E-state index contributed by atoms with van der Waals surface area (Å²) in [6, 6.07) is 8.08. The fourth-order valence-electron chi connectivity index (χ4n) is 4.18. The van der Waals surface area contributed by atoms with Crippen LogP contribution in [0.1, 0.15) is 66.6 Å². The van der Waals surface area contributed by atoms with Crippen molar-refractivity contribution < 1.29 is 4.79 Å². The minimum absolute atomic E-state index is 0.0888. The molecular weight excluding hydrogens is 348 g/mol. The van der Waals surface area contributed by atoms with Crippen LogP contribution < -0.4 is 4.90 Å². The minimum Gasteiger partial charge on any atom is -0.356 e. The molecule has 4 rings (SSSR count). The molecule has 2 aliphatic rings. The fourth-order valence-corrected chi connectivity index (χ4v) is 4.18. The van der Waals surface area contributed by atoms with Crippen LogP contribution in [-0.2, 0) is 18.4 Å². The van der Waals surface area contributed by atoms with Crippen LogP contribution in [0, 0.1) is 6.92 Å². The molecule has 1 amide bonds. The molecule has 2 aliphatic heterocycles. The Bertz CT molecular complexity index is 877. The van der Waals surface area contributed by atoms with Crippen LogP contribution in [-0.4, -0.2) is 40.4 Å². The molecule has 148 valence electrons. The van der Waals surface area contributed by atoms with Crippen molar-refractivity contribution in [2.75, 3.05) is 24.5 Å². The largest absolute Gasteiger partial charge is 0.356 e. The van der Waals surface area contributed by atoms with Crippen LogP contribution in [0.4, 0.5) is 5.82 Å². The van der Waals surface area contributed by atoms with Crippen molar-refractivity contribution in [3.8, 4) is 0 Å². The first-order chi connectivity index (χ1) is 13.3. The number of benzene rings is 1. The lowest BCUT2D eigenvalue weighted by Crippen LogP contribution is -2.38. The van der Waals surface area contributed by atoms with Crippen LogP contribution in [0.5, 0.6) is 0 Å². The standard InChI is InChI=1S/C23H30N4O/c1-16-24-20-11-14-27(15-19(20)21(25-16)26-12-5-6-13-26)22(28)17-7-9-18(10-8-17)23(2,3)4/h7-10H,5-6,11-15H2,1-4H3. The van der Waals surface area contributed by atoms with Gasteiger partial charge in [-0.05, 0) is 42.9 Å². The van der Waals surface area contributed by atoms with E-state index >= 15 is 0 Å². The second-order valence-corrected chi connectivity index (χ2v) is 9.02.